The Balaban J connectivity index is 1.42. The highest BCUT2D eigenvalue weighted by Crippen LogP contribution is 2.46. The van der Waals surface area contributed by atoms with Crippen LogP contribution < -0.4 is 0 Å². The molecule has 4 heterocycles. The van der Waals surface area contributed by atoms with E-state index in [1.54, 1.807) is 0 Å². The third-order valence-corrected chi connectivity index (χ3v) is 7.73. The molecule has 1 aromatic rings. The van der Waals surface area contributed by atoms with Crippen LogP contribution in [0.5, 0.6) is 0 Å². The summed E-state index contributed by atoms with van der Waals surface area (Å²) < 4.78 is 12.2. The van der Waals surface area contributed by atoms with Crippen LogP contribution in [-0.4, -0.2) is 35.0 Å². The average molecular weight is 421 g/mol. The monoisotopic (exact) mass is 420 g/mol. The first-order valence-corrected chi connectivity index (χ1v) is 11.6. The summed E-state index contributed by atoms with van der Waals surface area (Å²) in [5.41, 5.74) is 3.24. The summed E-state index contributed by atoms with van der Waals surface area (Å²) in [6.45, 7) is 8.38. The molecule has 0 amide bonds. The number of carbonyl (C=O) groups excluding carboxylic acids is 2. The molecule has 4 bridgehead atoms. The fraction of sp³-hybridized carbons (Fsp3) is 0.556. The molecule has 6 fully saturated rings. The van der Waals surface area contributed by atoms with Crippen LogP contribution in [0.2, 0.25) is 0 Å². The molecule has 4 saturated heterocycles. The highest BCUT2D eigenvalue weighted by atomic mass is 16.5. The second kappa shape index (κ2) is 7.25. The number of hydrogen-bond acceptors (Lipinski definition) is 4. The molecule has 6 aliphatic rings. The van der Waals surface area contributed by atoms with Crippen LogP contribution in [0.4, 0.5) is 0 Å². The van der Waals surface area contributed by atoms with E-state index in [1.165, 1.54) is 0 Å². The van der Waals surface area contributed by atoms with Crippen molar-refractivity contribution in [3.8, 4) is 0 Å². The number of benzene rings is 1. The van der Waals surface area contributed by atoms with Crippen molar-refractivity contribution in [3.05, 3.63) is 46.5 Å². The highest BCUT2D eigenvalue weighted by molar-refractivity contribution is 6.05. The third kappa shape index (κ3) is 3.64. The molecular weight excluding hydrogens is 388 g/mol. The molecule has 4 nitrogen and oxygen atoms in total. The van der Waals surface area contributed by atoms with Gasteiger partial charge < -0.3 is 9.47 Å². The SMILES string of the molecule is CC1(C)OC2CCC1C(=Cc1ccc(C=C3C(=O)C4CCC3C(C)(C)O4)cc1)C(=O)C2. The lowest BCUT2D eigenvalue weighted by molar-refractivity contribution is -0.172. The Morgan fingerprint density at radius 2 is 1.32 bits per heavy atom. The van der Waals surface area contributed by atoms with Gasteiger partial charge in [0.15, 0.2) is 11.6 Å². The minimum absolute atomic E-state index is 0.0512. The lowest BCUT2D eigenvalue weighted by Gasteiger charge is -2.48. The van der Waals surface area contributed by atoms with Crippen molar-refractivity contribution in [3.63, 3.8) is 0 Å². The summed E-state index contributed by atoms with van der Waals surface area (Å²) in [5.74, 6) is 0.644. The van der Waals surface area contributed by atoms with E-state index in [2.05, 4.69) is 27.7 Å². The van der Waals surface area contributed by atoms with Gasteiger partial charge in [-0.25, -0.2) is 0 Å². The number of Topliss-reactive ketones (excluding diaryl/α,β-unsaturated/α-hetero) is 2. The van der Waals surface area contributed by atoms with E-state index in [1.807, 2.05) is 36.4 Å². The lowest BCUT2D eigenvalue weighted by atomic mass is 9.69. The molecule has 4 unspecified atom stereocenters. The molecule has 2 aliphatic carbocycles. The van der Waals surface area contributed by atoms with E-state index in [4.69, 9.17) is 9.47 Å². The van der Waals surface area contributed by atoms with E-state index < -0.39 is 0 Å². The van der Waals surface area contributed by atoms with Crippen molar-refractivity contribution in [1.29, 1.82) is 0 Å². The molecule has 0 spiro atoms. The van der Waals surface area contributed by atoms with Crippen LogP contribution in [0.15, 0.2) is 35.4 Å². The fourth-order valence-corrected chi connectivity index (χ4v) is 6.11. The zero-order chi connectivity index (χ0) is 22.0. The van der Waals surface area contributed by atoms with Crippen LogP contribution in [0.25, 0.3) is 12.2 Å². The Morgan fingerprint density at radius 1 is 0.774 bits per heavy atom. The van der Waals surface area contributed by atoms with Gasteiger partial charge in [-0.1, -0.05) is 24.3 Å². The van der Waals surface area contributed by atoms with Crippen molar-refractivity contribution in [2.75, 3.05) is 0 Å². The summed E-state index contributed by atoms with van der Waals surface area (Å²) in [6, 6.07) is 8.18. The van der Waals surface area contributed by atoms with Gasteiger partial charge in [0.1, 0.15) is 6.10 Å². The maximum Gasteiger partial charge on any atom is 0.187 e. The van der Waals surface area contributed by atoms with Gasteiger partial charge in [0.25, 0.3) is 0 Å². The van der Waals surface area contributed by atoms with Crippen molar-refractivity contribution < 1.29 is 19.1 Å². The van der Waals surface area contributed by atoms with Gasteiger partial charge in [-0.15, -0.1) is 0 Å². The van der Waals surface area contributed by atoms with E-state index in [9.17, 15) is 9.59 Å². The van der Waals surface area contributed by atoms with Gasteiger partial charge in [0, 0.05) is 29.4 Å². The van der Waals surface area contributed by atoms with Crippen LogP contribution in [0.3, 0.4) is 0 Å². The van der Waals surface area contributed by atoms with Gasteiger partial charge in [-0.2, -0.15) is 0 Å². The van der Waals surface area contributed by atoms with Crippen LogP contribution >= 0.6 is 0 Å². The zero-order valence-corrected chi connectivity index (χ0v) is 18.9. The first-order chi connectivity index (χ1) is 14.6. The van der Waals surface area contributed by atoms with Crippen molar-refractivity contribution in [2.24, 2.45) is 11.8 Å². The van der Waals surface area contributed by atoms with Crippen LogP contribution in [0.1, 0.15) is 70.9 Å². The summed E-state index contributed by atoms with van der Waals surface area (Å²) in [4.78, 5) is 25.6. The summed E-state index contributed by atoms with van der Waals surface area (Å²) in [7, 11) is 0. The maximum atomic E-state index is 12.9. The molecule has 4 atom stereocenters. The van der Waals surface area contributed by atoms with Crippen LogP contribution in [0, 0.1) is 11.8 Å². The predicted molar refractivity (Wildman–Crippen MR) is 120 cm³/mol. The first-order valence-electron chi connectivity index (χ1n) is 11.6. The molecule has 0 radical (unpaired) electrons. The van der Waals surface area contributed by atoms with Gasteiger partial charge >= 0.3 is 0 Å². The van der Waals surface area contributed by atoms with Gasteiger partial charge in [0.2, 0.25) is 0 Å². The fourth-order valence-electron chi connectivity index (χ4n) is 6.11. The molecule has 2 saturated carbocycles. The topological polar surface area (TPSA) is 52.6 Å². The standard InChI is InChI=1S/C27H32O4/c1-26(2)21-10-9-18(30-26)15-23(28)19(21)13-16-5-7-17(8-6-16)14-20-22-11-12-24(25(20)29)31-27(22,3)4/h5-8,13-14,18,21-22,24H,9-12,15H2,1-4H3. The molecule has 4 aliphatic heterocycles. The Bertz CT molecular complexity index is 979. The molecule has 7 rings (SSSR count). The van der Waals surface area contributed by atoms with Crippen LogP contribution in [-0.2, 0) is 19.1 Å². The third-order valence-electron chi connectivity index (χ3n) is 7.73. The Morgan fingerprint density at radius 3 is 1.94 bits per heavy atom. The first kappa shape index (κ1) is 20.8. The minimum atomic E-state index is -0.305. The Hall–Kier alpha value is -2.04. The molecule has 31 heavy (non-hydrogen) atoms. The van der Waals surface area contributed by atoms with Crippen molar-refractivity contribution in [2.45, 2.75) is 83.2 Å². The molecular formula is C27H32O4. The number of fused-ring (bicyclic) bond motifs is 7. The minimum Gasteiger partial charge on any atom is -0.371 e. The number of ether oxygens (including phenoxy) is 2. The summed E-state index contributed by atoms with van der Waals surface area (Å²) in [6.07, 6.45) is 8.12. The van der Waals surface area contributed by atoms with Gasteiger partial charge in [-0.05, 0) is 76.7 Å². The van der Waals surface area contributed by atoms with Crippen molar-refractivity contribution in [1.82, 2.24) is 0 Å². The Kier molecular flexibility index (Phi) is 4.87. The van der Waals surface area contributed by atoms with Gasteiger partial charge in [0.05, 0.1) is 17.3 Å². The molecule has 0 aromatic heterocycles. The molecule has 0 N–H and O–H groups in total. The predicted octanol–water partition coefficient (Wildman–Crippen LogP) is 5.16. The smallest absolute Gasteiger partial charge is 0.187 e. The molecule has 1 aromatic carbocycles. The van der Waals surface area contributed by atoms with Crippen molar-refractivity contribution >= 4 is 23.7 Å². The second-order valence-corrected chi connectivity index (χ2v) is 10.7. The largest absolute Gasteiger partial charge is 0.371 e. The number of ketones is 2. The van der Waals surface area contributed by atoms with Gasteiger partial charge in [-0.3, -0.25) is 9.59 Å². The number of rotatable bonds is 2. The number of carbonyl (C=O) groups is 2. The molecule has 4 heteroatoms. The highest BCUT2D eigenvalue weighted by Gasteiger charge is 2.50. The number of hydrogen-bond donors (Lipinski definition) is 0. The molecule has 164 valence electrons. The Labute approximate surface area is 184 Å². The zero-order valence-electron chi connectivity index (χ0n) is 18.9. The average Bonchev–Trinajstić information content (AvgIpc) is 2.89. The van der Waals surface area contributed by atoms with E-state index >= 15 is 0 Å². The summed E-state index contributed by atoms with van der Waals surface area (Å²) in [5, 5.41) is 0. The quantitative estimate of drug-likeness (QED) is 0.621. The normalized spacial score (nSPS) is 36.3. The van der Waals surface area contributed by atoms with E-state index in [-0.39, 0.29) is 46.8 Å². The van der Waals surface area contributed by atoms with E-state index in [0.29, 0.717) is 6.42 Å². The summed E-state index contributed by atoms with van der Waals surface area (Å²) >= 11 is 0. The lowest BCUT2D eigenvalue weighted by Crippen LogP contribution is -2.54. The van der Waals surface area contributed by atoms with E-state index in [0.717, 1.165) is 48.0 Å². The second-order valence-electron chi connectivity index (χ2n) is 10.7. The maximum absolute atomic E-state index is 12.9.